The van der Waals surface area contributed by atoms with E-state index in [1.54, 1.807) is 0 Å². The van der Waals surface area contributed by atoms with Crippen molar-refractivity contribution in [2.24, 2.45) is 5.73 Å². The molecule has 0 radical (unpaired) electrons. The monoisotopic (exact) mass is 324 g/mol. The number of nitrogens with one attached hydrogen (secondary N) is 1. The lowest BCUT2D eigenvalue weighted by atomic mass is 9.98. The predicted molar refractivity (Wildman–Crippen MR) is 81.7 cm³/mol. The summed E-state index contributed by atoms with van der Waals surface area (Å²) in [7, 11) is -3.29. The lowest BCUT2D eigenvalue weighted by molar-refractivity contribution is -0.120. The van der Waals surface area contributed by atoms with E-state index in [1.807, 2.05) is 0 Å². The Morgan fingerprint density at radius 1 is 1.15 bits per heavy atom. The van der Waals surface area contributed by atoms with Crippen LogP contribution in [0.1, 0.15) is 51.4 Å². The van der Waals surface area contributed by atoms with E-state index in [-0.39, 0.29) is 34.9 Å². The van der Waals surface area contributed by atoms with Gasteiger partial charge in [0.05, 0.1) is 10.8 Å². The summed E-state index contributed by atoms with van der Waals surface area (Å²) in [5.41, 5.74) is 5.38. The van der Waals surface area contributed by atoms with E-state index in [0.717, 1.165) is 38.5 Å². The molecule has 0 heterocycles. The number of hydrogen-bond donors (Lipinski definition) is 2. The molecule has 2 aliphatic carbocycles. The number of hydrogen-bond acceptors (Lipinski definition) is 4. The normalized spacial score (nSPS) is 22.4. The van der Waals surface area contributed by atoms with Crippen LogP contribution in [0.3, 0.4) is 0 Å². The molecular formula is C13H25ClN2O3S. The second kappa shape index (κ2) is 7.09. The molecule has 0 spiro atoms. The summed E-state index contributed by atoms with van der Waals surface area (Å²) < 4.78 is 24.2. The average molecular weight is 325 g/mol. The standard InChI is InChI=1S/C13H24N2O3S.ClH/c14-10-13(7-3-4-8-13)15-12(16)9-19(17,18)11-5-1-2-6-11;/h11H,1-10,14H2,(H,15,16);1H. The van der Waals surface area contributed by atoms with Gasteiger partial charge in [0, 0.05) is 6.54 Å². The zero-order valence-electron chi connectivity index (χ0n) is 11.8. The van der Waals surface area contributed by atoms with Crippen molar-refractivity contribution in [3.05, 3.63) is 0 Å². The molecule has 1 amide bonds. The predicted octanol–water partition coefficient (Wildman–Crippen LogP) is 1.15. The molecule has 0 saturated heterocycles. The second-order valence-corrected chi connectivity index (χ2v) is 8.23. The smallest absolute Gasteiger partial charge is 0.235 e. The van der Waals surface area contributed by atoms with Crippen LogP contribution in [-0.4, -0.2) is 37.4 Å². The Labute approximate surface area is 127 Å². The Morgan fingerprint density at radius 3 is 2.20 bits per heavy atom. The molecule has 20 heavy (non-hydrogen) atoms. The van der Waals surface area contributed by atoms with Gasteiger partial charge < -0.3 is 11.1 Å². The maximum absolute atomic E-state index is 12.1. The van der Waals surface area contributed by atoms with Crippen molar-refractivity contribution in [2.45, 2.75) is 62.2 Å². The fourth-order valence-corrected chi connectivity index (χ4v) is 5.04. The average Bonchev–Trinajstić information content (AvgIpc) is 2.99. The first-order chi connectivity index (χ1) is 8.97. The van der Waals surface area contributed by atoms with E-state index in [9.17, 15) is 13.2 Å². The summed E-state index contributed by atoms with van der Waals surface area (Å²) in [5.74, 6) is -0.751. The van der Waals surface area contributed by atoms with Crippen molar-refractivity contribution < 1.29 is 13.2 Å². The Bertz CT molecular complexity index is 427. The lowest BCUT2D eigenvalue weighted by Gasteiger charge is -2.28. The van der Waals surface area contributed by atoms with Gasteiger partial charge in [-0.2, -0.15) is 0 Å². The Balaban J connectivity index is 0.00000200. The largest absolute Gasteiger partial charge is 0.349 e. The number of carbonyl (C=O) groups is 1. The van der Waals surface area contributed by atoms with E-state index < -0.39 is 9.84 Å². The highest BCUT2D eigenvalue weighted by Gasteiger charge is 2.36. The van der Waals surface area contributed by atoms with Crippen LogP contribution < -0.4 is 11.1 Å². The van der Waals surface area contributed by atoms with Gasteiger partial charge in [0.15, 0.2) is 9.84 Å². The van der Waals surface area contributed by atoms with Crippen LogP contribution in [0, 0.1) is 0 Å². The minimum Gasteiger partial charge on any atom is -0.349 e. The third-order valence-corrected chi connectivity index (χ3v) is 6.65. The maximum Gasteiger partial charge on any atom is 0.235 e. The molecule has 0 aromatic carbocycles. The number of halogens is 1. The van der Waals surface area contributed by atoms with Crippen molar-refractivity contribution in [1.29, 1.82) is 0 Å². The molecule has 2 fully saturated rings. The van der Waals surface area contributed by atoms with Crippen LogP contribution >= 0.6 is 12.4 Å². The third-order valence-electron chi connectivity index (χ3n) is 4.50. The number of nitrogens with two attached hydrogens (primary N) is 1. The number of sulfone groups is 1. The molecule has 118 valence electrons. The summed E-state index contributed by atoms with van der Waals surface area (Å²) in [6.07, 6.45) is 7.14. The third kappa shape index (κ3) is 4.09. The molecule has 0 atom stereocenters. The molecule has 5 nitrogen and oxygen atoms in total. The fourth-order valence-electron chi connectivity index (χ4n) is 3.31. The maximum atomic E-state index is 12.1. The summed E-state index contributed by atoms with van der Waals surface area (Å²) in [6.45, 7) is 0.391. The van der Waals surface area contributed by atoms with E-state index in [1.165, 1.54) is 0 Å². The molecule has 2 aliphatic rings. The van der Waals surface area contributed by atoms with E-state index >= 15 is 0 Å². The van der Waals surface area contributed by atoms with Gasteiger partial charge in [0.2, 0.25) is 5.91 Å². The first kappa shape index (κ1) is 17.7. The SMILES string of the molecule is Cl.NCC1(NC(=O)CS(=O)(=O)C2CCCC2)CCCC1. The van der Waals surface area contributed by atoms with Crippen molar-refractivity contribution in [3.8, 4) is 0 Å². The van der Waals surface area contributed by atoms with Crippen LogP contribution in [-0.2, 0) is 14.6 Å². The summed E-state index contributed by atoms with van der Waals surface area (Å²) in [4.78, 5) is 12.0. The summed E-state index contributed by atoms with van der Waals surface area (Å²) in [5, 5.41) is 2.57. The number of amides is 1. The number of carbonyl (C=O) groups excluding carboxylic acids is 1. The molecule has 0 bridgehead atoms. The molecule has 0 aliphatic heterocycles. The van der Waals surface area contributed by atoms with Crippen molar-refractivity contribution in [3.63, 3.8) is 0 Å². The van der Waals surface area contributed by atoms with Gasteiger partial charge in [-0.05, 0) is 25.7 Å². The molecular weight excluding hydrogens is 300 g/mol. The topological polar surface area (TPSA) is 89.3 Å². The van der Waals surface area contributed by atoms with Crippen molar-refractivity contribution in [2.75, 3.05) is 12.3 Å². The molecule has 0 unspecified atom stereocenters. The van der Waals surface area contributed by atoms with Crippen LogP contribution in [0.2, 0.25) is 0 Å². The van der Waals surface area contributed by atoms with Gasteiger partial charge in [-0.15, -0.1) is 12.4 Å². The van der Waals surface area contributed by atoms with Crippen LogP contribution in [0.25, 0.3) is 0 Å². The minimum atomic E-state index is -3.29. The lowest BCUT2D eigenvalue weighted by Crippen LogP contribution is -2.53. The number of rotatable bonds is 5. The molecule has 2 saturated carbocycles. The zero-order chi connectivity index (χ0) is 13.9. The Morgan fingerprint density at radius 2 is 1.70 bits per heavy atom. The van der Waals surface area contributed by atoms with Crippen molar-refractivity contribution >= 4 is 28.2 Å². The first-order valence-corrected chi connectivity index (χ1v) is 8.92. The molecule has 0 aromatic rings. The highest BCUT2D eigenvalue weighted by molar-refractivity contribution is 7.92. The zero-order valence-corrected chi connectivity index (χ0v) is 13.4. The van der Waals surface area contributed by atoms with Gasteiger partial charge in [-0.3, -0.25) is 4.79 Å². The van der Waals surface area contributed by atoms with Crippen LogP contribution in [0.5, 0.6) is 0 Å². The van der Waals surface area contributed by atoms with E-state index in [2.05, 4.69) is 5.32 Å². The molecule has 3 N–H and O–H groups in total. The molecule has 0 aromatic heterocycles. The van der Waals surface area contributed by atoms with Gasteiger partial charge in [0.25, 0.3) is 0 Å². The fraction of sp³-hybridized carbons (Fsp3) is 0.923. The van der Waals surface area contributed by atoms with Gasteiger partial charge in [0.1, 0.15) is 5.75 Å². The molecule has 2 rings (SSSR count). The highest BCUT2D eigenvalue weighted by Crippen LogP contribution is 2.29. The van der Waals surface area contributed by atoms with Crippen LogP contribution in [0.15, 0.2) is 0 Å². The van der Waals surface area contributed by atoms with E-state index in [4.69, 9.17) is 5.73 Å². The minimum absolute atomic E-state index is 0. The summed E-state index contributed by atoms with van der Waals surface area (Å²) >= 11 is 0. The quantitative estimate of drug-likeness (QED) is 0.794. The highest BCUT2D eigenvalue weighted by atomic mass is 35.5. The first-order valence-electron chi connectivity index (χ1n) is 7.20. The summed E-state index contributed by atoms with van der Waals surface area (Å²) in [6, 6.07) is 0. The van der Waals surface area contributed by atoms with Gasteiger partial charge >= 0.3 is 0 Å². The van der Waals surface area contributed by atoms with Crippen LogP contribution in [0.4, 0.5) is 0 Å². The van der Waals surface area contributed by atoms with E-state index in [0.29, 0.717) is 19.4 Å². The second-order valence-electron chi connectivity index (χ2n) is 5.95. The Hall–Kier alpha value is -0.330. The van der Waals surface area contributed by atoms with Crippen molar-refractivity contribution in [1.82, 2.24) is 5.32 Å². The Kier molecular flexibility index (Phi) is 6.28. The van der Waals surface area contributed by atoms with Gasteiger partial charge in [-0.1, -0.05) is 25.7 Å². The molecule has 7 heteroatoms. The van der Waals surface area contributed by atoms with Gasteiger partial charge in [-0.25, -0.2) is 8.42 Å².